The van der Waals surface area contributed by atoms with Crippen molar-refractivity contribution in [3.63, 3.8) is 0 Å². The summed E-state index contributed by atoms with van der Waals surface area (Å²) in [6.07, 6.45) is 1.68. The standard InChI is InChI=1S/C28H33NO2/c1-27(2,3)21-13-11-20(12-14-21)25-22(15-16-24(30)31)29-18-28(4,5)17-23(29)26(25)19-9-7-6-8-10-19/h6-14H,15-18H2,1-5H3,(H,30,31). The molecule has 1 aliphatic rings. The molecule has 1 aromatic heterocycles. The van der Waals surface area contributed by atoms with Gasteiger partial charge in [-0.15, -0.1) is 0 Å². The first kappa shape index (κ1) is 21.4. The Morgan fingerprint density at radius 2 is 1.58 bits per heavy atom. The van der Waals surface area contributed by atoms with Gasteiger partial charge in [-0.3, -0.25) is 4.79 Å². The van der Waals surface area contributed by atoms with Crippen LogP contribution in [0.5, 0.6) is 0 Å². The Hall–Kier alpha value is -2.81. The predicted molar refractivity (Wildman–Crippen MR) is 127 cm³/mol. The summed E-state index contributed by atoms with van der Waals surface area (Å²) < 4.78 is 2.41. The average molecular weight is 416 g/mol. The lowest BCUT2D eigenvalue weighted by Gasteiger charge is -2.21. The highest BCUT2D eigenvalue weighted by Gasteiger charge is 2.36. The number of aromatic nitrogens is 1. The van der Waals surface area contributed by atoms with E-state index in [2.05, 4.69) is 87.7 Å². The van der Waals surface area contributed by atoms with Gasteiger partial charge in [0.2, 0.25) is 0 Å². The van der Waals surface area contributed by atoms with E-state index in [0.717, 1.165) is 18.7 Å². The molecule has 0 unspecified atom stereocenters. The van der Waals surface area contributed by atoms with Gasteiger partial charge in [-0.2, -0.15) is 0 Å². The number of carboxylic acid groups (broad SMARTS) is 1. The summed E-state index contributed by atoms with van der Waals surface area (Å²) in [6.45, 7) is 12.2. The van der Waals surface area contributed by atoms with E-state index in [1.165, 1.54) is 33.5 Å². The number of nitrogens with zero attached hydrogens (tertiary/aromatic N) is 1. The van der Waals surface area contributed by atoms with Crippen LogP contribution in [0.4, 0.5) is 0 Å². The number of aliphatic carboxylic acids is 1. The minimum absolute atomic E-state index is 0.0967. The summed E-state index contributed by atoms with van der Waals surface area (Å²) in [5.74, 6) is -0.747. The van der Waals surface area contributed by atoms with Gasteiger partial charge in [0.25, 0.3) is 0 Å². The second-order valence-corrected chi connectivity index (χ2v) is 10.7. The Morgan fingerprint density at radius 3 is 2.16 bits per heavy atom. The van der Waals surface area contributed by atoms with E-state index in [1.54, 1.807) is 0 Å². The quantitative estimate of drug-likeness (QED) is 0.503. The fourth-order valence-electron chi connectivity index (χ4n) is 4.88. The number of benzene rings is 2. The van der Waals surface area contributed by atoms with Crippen molar-refractivity contribution in [2.24, 2.45) is 5.41 Å². The molecule has 3 heteroatoms. The van der Waals surface area contributed by atoms with E-state index in [0.29, 0.717) is 6.42 Å². The van der Waals surface area contributed by atoms with E-state index >= 15 is 0 Å². The van der Waals surface area contributed by atoms with E-state index in [9.17, 15) is 9.90 Å². The second-order valence-electron chi connectivity index (χ2n) is 10.7. The first-order chi connectivity index (χ1) is 14.6. The molecule has 2 heterocycles. The van der Waals surface area contributed by atoms with Gasteiger partial charge in [0, 0.05) is 29.1 Å². The molecule has 162 valence electrons. The van der Waals surface area contributed by atoms with Crippen molar-refractivity contribution in [2.45, 2.75) is 65.8 Å². The third kappa shape index (κ3) is 4.19. The van der Waals surface area contributed by atoms with Crippen LogP contribution in [0.3, 0.4) is 0 Å². The van der Waals surface area contributed by atoms with E-state index in [-0.39, 0.29) is 17.3 Å². The zero-order valence-corrected chi connectivity index (χ0v) is 19.3. The van der Waals surface area contributed by atoms with Crippen molar-refractivity contribution in [3.05, 3.63) is 71.5 Å². The van der Waals surface area contributed by atoms with Crippen LogP contribution >= 0.6 is 0 Å². The van der Waals surface area contributed by atoms with Crippen LogP contribution in [0.2, 0.25) is 0 Å². The molecular formula is C28H33NO2. The summed E-state index contributed by atoms with van der Waals surface area (Å²) in [5.41, 5.74) is 8.93. The third-order valence-electron chi connectivity index (χ3n) is 6.39. The molecule has 2 aromatic carbocycles. The fraction of sp³-hybridized carbons (Fsp3) is 0.393. The molecule has 0 aliphatic carbocycles. The topological polar surface area (TPSA) is 42.2 Å². The Bertz CT molecular complexity index is 1100. The highest BCUT2D eigenvalue weighted by Crippen LogP contribution is 2.47. The average Bonchev–Trinajstić information content (AvgIpc) is 3.16. The van der Waals surface area contributed by atoms with Gasteiger partial charge < -0.3 is 9.67 Å². The first-order valence-corrected chi connectivity index (χ1v) is 11.2. The molecule has 31 heavy (non-hydrogen) atoms. The number of rotatable bonds is 5. The molecule has 1 aliphatic heterocycles. The predicted octanol–water partition coefficient (Wildman–Crippen LogP) is 6.72. The van der Waals surface area contributed by atoms with Crippen molar-refractivity contribution in [2.75, 3.05) is 0 Å². The zero-order chi connectivity index (χ0) is 22.4. The van der Waals surface area contributed by atoms with Crippen LogP contribution < -0.4 is 0 Å². The number of carboxylic acids is 1. The molecule has 0 amide bonds. The summed E-state index contributed by atoms with van der Waals surface area (Å²) in [7, 11) is 0. The Labute approximate surface area is 185 Å². The van der Waals surface area contributed by atoms with Crippen molar-refractivity contribution in [1.82, 2.24) is 4.57 Å². The largest absolute Gasteiger partial charge is 0.481 e. The SMILES string of the molecule is CC1(C)Cc2c(-c3ccccc3)c(-c3ccc(C(C)(C)C)cc3)c(CCC(=O)O)n2C1. The molecule has 0 saturated heterocycles. The molecule has 0 bridgehead atoms. The molecule has 0 spiro atoms. The van der Waals surface area contributed by atoms with Gasteiger partial charge in [-0.1, -0.05) is 89.2 Å². The minimum Gasteiger partial charge on any atom is -0.481 e. The van der Waals surface area contributed by atoms with Gasteiger partial charge in [0.05, 0.1) is 6.42 Å². The molecule has 0 saturated carbocycles. The molecule has 0 atom stereocenters. The summed E-state index contributed by atoms with van der Waals surface area (Å²) in [4.78, 5) is 11.5. The minimum atomic E-state index is -0.747. The van der Waals surface area contributed by atoms with E-state index in [4.69, 9.17) is 0 Å². The van der Waals surface area contributed by atoms with E-state index < -0.39 is 5.97 Å². The summed E-state index contributed by atoms with van der Waals surface area (Å²) >= 11 is 0. The maximum Gasteiger partial charge on any atom is 0.303 e. The second kappa shape index (κ2) is 7.71. The molecule has 0 radical (unpaired) electrons. The maximum absolute atomic E-state index is 11.5. The highest BCUT2D eigenvalue weighted by molar-refractivity contribution is 5.88. The van der Waals surface area contributed by atoms with Gasteiger partial charge in [0.15, 0.2) is 0 Å². The normalized spacial score (nSPS) is 15.1. The number of hydrogen-bond donors (Lipinski definition) is 1. The number of carbonyl (C=O) groups is 1. The van der Waals surface area contributed by atoms with Crippen LogP contribution in [0, 0.1) is 5.41 Å². The van der Waals surface area contributed by atoms with Crippen molar-refractivity contribution in [1.29, 1.82) is 0 Å². The van der Waals surface area contributed by atoms with Crippen LogP contribution in [0.25, 0.3) is 22.3 Å². The van der Waals surface area contributed by atoms with E-state index in [1.807, 2.05) is 6.07 Å². The van der Waals surface area contributed by atoms with Gasteiger partial charge in [-0.05, 0) is 40.4 Å². The highest BCUT2D eigenvalue weighted by atomic mass is 16.4. The molecule has 1 N–H and O–H groups in total. The monoisotopic (exact) mass is 415 g/mol. The van der Waals surface area contributed by atoms with Crippen LogP contribution in [0.15, 0.2) is 54.6 Å². The molecule has 0 fully saturated rings. The Morgan fingerprint density at radius 1 is 0.968 bits per heavy atom. The Balaban J connectivity index is 1.95. The van der Waals surface area contributed by atoms with Gasteiger partial charge in [0.1, 0.15) is 0 Å². The smallest absolute Gasteiger partial charge is 0.303 e. The lowest BCUT2D eigenvalue weighted by molar-refractivity contribution is -0.136. The fourth-order valence-corrected chi connectivity index (χ4v) is 4.88. The van der Waals surface area contributed by atoms with Crippen molar-refractivity contribution < 1.29 is 9.90 Å². The third-order valence-corrected chi connectivity index (χ3v) is 6.39. The number of fused-ring (bicyclic) bond motifs is 1. The first-order valence-electron chi connectivity index (χ1n) is 11.2. The lowest BCUT2D eigenvalue weighted by Crippen LogP contribution is -2.14. The van der Waals surface area contributed by atoms with Crippen molar-refractivity contribution in [3.8, 4) is 22.3 Å². The molecule has 3 nitrogen and oxygen atoms in total. The summed E-state index contributed by atoms with van der Waals surface area (Å²) in [5, 5.41) is 9.43. The van der Waals surface area contributed by atoms with Crippen LogP contribution in [0.1, 0.15) is 58.0 Å². The molecule has 4 rings (SSSR count). The van der Waals surface area contributed by atoms with Gasteiger partial charge in [-0.25, -0.2) is 0 Å². The van der Waals surface area contributed by atoms with Gasteiger partial charge >= 0.3 is 5.97 Å². The van der Waals surface area contributed by atoms with Crippen LogP contribution in [-0.4, -0.2) is 15.6 Å². The Kier molecular flexibility index (Phi) is 5.33. The molecular weight excluding hydrogens is 382 g/mol. The maximum atomic E-state index is 11.5. The zero-order valence-electron chi connectivity index (χ0n) is 19.3. The van der Waals surface area contributed by atoms with Crippen LogP contribution in [-0.2, 0) is 29.6 Å². The van der Waals surface area contributed by atoms with Crippen molar-refractivity contribution >= 4 is 5.97 Å². The number of hydrogen-bond acceptors (Lipinski definition) is 1. The summed E-state index contributed by atoms with van der Waals surface area (Å²) in [6, 6.07) is 19.4. The molecule has 3 aromatic rings. The lowest BCUT2D eigenvalue weighted by atomic mass is 9.84.